The summed E-state index contributed by atoms with van der Waals surface area (Å²) in [4.78, 5) is 0. The van der Waals surface area contributed by atoms with Crippen LogP contribution < -0.4 is 0 Å². The Morgan fingerprint density at radius 2 is 0.639 bits per heavy atom. The Kier molecular flexibility index (Phi) is 27.9. The maximum Gasteiger partial charge on any atom is 0.0701 e. The molecule has 1 nitrogen and oxygen atoms in total. The first kappa shape index (κ1) is 36.0. The molecule has 0 aliphatic carbocycles. The number of hydrogen-bond donors (Lipinski definition) is 0. The first-order chi connectivity index (χ1) is 17.7. The van der Waals surface area contributed by atoms with Crippen LogP contribution in [0.25, 0.3) is 0 Å². The molecule has 0 bridgehead atoms. The number of unbranched alkanes of at least 4 members (excludes halogenated alkanes) is 22. The van der Waals surface area contributed by atoms with Crippen molar-refractivity contribution in [2.75, 3.05) is 7.11 Å². The Balaban J connectivity index is 3.75. The predicted molar refractivity (Wildman–Crippen MR) is 165 cm³/mol. The van der Waals surface area contributed by atoms with E-state index in [0.29, 0.717) is 0 Å². The largest absolute Gasteiger partial charge is 0.378 e. The third-order valence-electron chi connectivity index (χ3n) is 9.16. The van der Waals surface area contributed by atoms with Gasteiger partial charge >= 0.3 is 0 Å². The van der Waals surface area contributed by atoms with Crippen LogP contribution in [0, 0.1) is 5.92 Å². The van der Waals surface area contributed by atoms with E-state index in [9.17, 15) is 0 Å². The lowest BCUT2D eigenvalue weighted by molar-refractivity contribution is -0.0712. The third kappa shape index (κ3) is 20.0. The molecule has 0 aliphatic rings. The fraction of sp³-hybridized carbons (Fsp3) is 1.00. The van der Waals surface area contributed by atoms with Crippen molar-refractivity contribution < 1.29 is 4.74 Å². The van der Waals surface area contributed by atoms with Gasteiger partial charge in [-0.3, -0.25) is 0 Å². The highest BCUT2D eigenvalue weighted by Crippen LogP contribution is 2.36. The molecule has 0 N–H and O–H groups in total. The monoisotopic (exact) mass is 509 g/mol. The van der Waals surface area contributed by atoms with Gasteiger partial charge in [-0.05, 0) is 31.6 Å². The van der Waals surface area contributed by atoms with Gasteiger partial charge in [0.15, 0.2) is 0 Å². The molecular formula is C35H72O. The number of rotatable bonds is 30. The molecule has 1 heteroatoms. The van der Waals surface area contributed by atoms with Gasteiger partial charge in [-0.2, -0.15) is 0 Å². The number of ether oxygens (including phenoxy) is 1. The Morgan fingerprint density at radius 1 is 0.389 bits per heavy atom. The number of hydrogen-bond acceptors (Lipinski definition) is 1. The van der Waals surface area contributed by atoms with E-state index in [1.54, 1.807) is 0 Å². The molecule has 0 spiro atoms. The van der Waals surface area contributed by atoms with E-state index in [0.717, 1.165) is 5.92 Å². The fourth-order valence-electron chi connectivity index (χ4n) is 6.42. The van der Waals surface area contributed by atoms with E-state index in [4.69, 9.17) is 4.74 Å². The van der Waals surface area contributed by atoms with Crippen LogP contribution in [0.1, 0.15) is 207 Å². The normalized spacial score (nSPS) is 12.9. The first-order valence-electron chi connectivity index (χ1n) is 17.3. The van der Waals surface area contributed by atoms with Gasteiger partial charge in [0.1, 0.15) is 0 Å². The zero-order valence-electron chi connectivity index (χ0n) is 26.3. The summed E-state index contributed by atoms with van der Waals surface area (Å²) in [5.41, 5.74) is 0.123. The smallest absolute Gasteiger partial charge is 0.0701 e. The molecule has 0 radical (unpaired) electrons. The van der Waals surface area contributed by atoms with Crippen LogP contribution in [-0.4, -0.2) is 12.7 Å². The van der Waals surface area contributed by atoms with Crippen molar-refractivity contribution >= 4 is 0 Å². The minimum Gasteiger partial charge on any atom is -0.378 e. The van der Waals surface area contributed by atoms with Gasteiger partial charge in [0.05, 0.1) is 5.60 Å². The summed E-state index contributed by atoms with van der Waals surface area (Å²) < 4.78 is 6.18. The standard InChI is InChI=1S/C35H72O/c1-6-10-12-14-16-17-18-19-20-21-22-23-24-25-26-27-29-31-33-34(35(8-3,9-4)36-5)32-30-28-15-13-11-7-2/h34H,6-33H2,1-5H3. The molecular weight excluding hydrogens is 436 g/mol. The highest BCUT2D eigenvalue weighted by Gasteiger charge is 2.34. The zero-order valence-corrected chi connectivity index (χ0v) is 26.3. The SMILES string of the molecule is CCCCCCCCCCCCCCCCCCCCC(CCCCCCCC)C(CC)(CC)OC. The second-order valence-electron chi connectivity index (χ2n) is 12.0. The van der Waals surface area contributed by atoms with Crippen molar-refractivity contribution in [2.24, 2.45) is 5.92 Å². The lowest BCUT2D eigenvalue weighted by Crippen LogP contribution is -2.39. The quantitative estimate of drug-likeness (QED) is 0.0876. The molecule has 0 saturated heterocycles. The van der Waals surface area contributed by atoms with E-state index in [-0.39, 0.29) is 5.60 Å². The zero-order chi connectivity index (χ0) is 26.6. The second-order valence-corrected chi connectivity index (χ2v) is 12.0. The first-order valence-corrected chi connectivity index (χ1v) is 17.3. The second kappa shape index (κ2) is 28.0. The molecule has 0 aromatic rings. The van der Waals surface area contributed by atoms with E-state index < -0.39 is 0 Å². The van der Waals surface area contributed by atoms with Crippen molar-refractivity contribution in [2.45, 2.75) is 213 Å². The fourth-order valence-corrected chi connectivity index (χ4v) is 6.42. The van der Waals surface area contributed by atoms with Gasteiger partial charge in [-0.15, -0.1) is 0 Å². The minimum atomic E-state index is 0.123. The van der Waals surface area contributed by atoms with Crippen LogP contribution >= 0.6 is 0 Å². The van der Waals surface area contributed by atoms with Crippen molar-refractivity contribution in [3.05, 3.63) is 0 Å². The van der Waals surface area contributed by atoms with Gasteiger partial charge in [-0.1, -0.05) is 182 Å². The highest BCUT2D eigenvalue weighted by molar-refractivity contribution is 4.86. The van der Waals surface area contributed by atoms with E-state index >= 15 is 0 Å². The van der Waals surface area contributed by atoms with Gasteiger partial charge in [0.2, 0.25) is 0 Å². The maximum atomic E-state index is 6.18. The van der Waals surface area contributed by atoms with Crippen molar-refractivity contribution in [1.29, 1.82) is 0 Å². The Bertz CT molecular complexity index is 391. The summed E-state index contributed by atoms with van der Waals surface area (Å²) in [6.07, 6.45) is 39.8. The molecule has 0 aromatic carbocycles. The molecule has 1 atom stereocenters. The summed E-state index contributed by atoms with van der Waals surface area (Å²) in [7, 11) is 1.97. The van der Waals surface area contributed by atoms with Crippen LogP contribution in [0.4, 0.5) is 0 Å². The minimum absolute atomic E-state index is 0.123. The van der Waals surface area contributed by atoms with Gasteiger partial charge < -0.3 is 4.74 Å². The Labute approximate surface area is 230 Å². The van der Waals surface area contributed by atoms with Crippen molar-refractivity contribution in [1.82, 2.24) is 0 Å². The molecule has 0 aliphatic heterocycles. The van der Waals surface area contributed by atoms with E-state index in [1.165, 1.54) is 180 Å². The Morgan fingerprint density at radius 3 is 0.861 bits per heavy atom. The number of methoxy groups -OCH3 is 1. The predicted octanol–water partition coefficient (Wildman–Crippen LogP) is 13.0. The Hall–Kier alpha value is -0.0400. The summed E-state index contributed by atoms with van der Waals surface area (Å²) in [6, 6.07) is 0. The van der Waals surface area contributed by atoms with Crippen LogP contribution in [0.5, 0.6) is 0 Å². The maximum absolute atomic E-state index is 6.18. The average molecular weight is 509 g/mol. The van der Waals surface area contributed by atoms with E-state index in [1.807, 2.05) is 7.11 Å². The molecule has 0 heterocycles. The molecule has 0 fully saturated rings. The van der Waals surface area contributed by atoms with Gasteiger partial charge in [0, 0.05) is 7.11 Å². The summed E-state index contributed by atoms with van der Waals surface area (Å²) in [6.45, 7) is 9.30. The molecule has 1 unspecified atom stereocenters. The van der Waals surface area contributed by atoms with E-state index in [2.05, 4.69) is 27.7 Å². The average Bonchev–Trinajstić information content (AvgIpc) is 2.90. The lowest BCUT2D eigenvalue weighted by Gasteiger charge is -2.39. The van der Waals surface area contributed by atoms with Crippen molar-refractivity contribution in [3.63, 3.8) is 0 Å². The summed E-state index contributed by atoms with van der Waals surface area (Å²) in [5, 5.41) is 0. The van der Waals surface area contributed by atoms with Crippen LogP contribution in [0.3, 0.4) is 0 Å². The lowest BCUT2D eigenvalue weighted by atomic mass is 9.76. The van der Waals surface area contributed by atoms with Gasteiger partial charge in [-0.25, -0.2) is 0 Å². The molecule has 0 aromatic heterocycles. The summed E-state index contributed by atoms with van der Waals surface area (Å²) >= 11 is 0. The molecule has 0 rings (SSSR count). The van der Waals surface area contributed by atoms with Crippen molar-refractivity contribution in [3.8, 4) is 0 Å². The third-order valence-corrected chi connectivity index (χ3v) is 9.16. The van der Waals surface area contributed by atoms with Crippen LogP contribution in [0.2, 0.25) is 0 Å². The highest BCUT2D eigenvalue weighted by atomic mass is 16.5. The molecule has 0 amide bonds. The van der Waals surface area contributed by atoms with Gasteiger partial charge in [0.25, 0.3) is 0 Å². The topological polar surface area (TPSA) is 9.23 Å². The molecule has 218 valence electrons. The molecule has 36 heavy (non-hydrogen) atoms. The van der Waals surface area contributed by atoms with Crippen LogP contribution in [-0.2, 0) is 4.74 Å². The van der Waals surface area contributed by atoms with Crippen LogP contribution in [0.15, 0.2) is 0 Å². The summed E-state index contributed by atoms with van der Waals surface area (Å²) in [5.74, 6) is 0.754. The molecule has 0 saturated carbocycles.